The van der Waals surface area contributed by atoms with E-state index in [1.54, 1.807) is 0 Å². The van der Waals surface area contributed by atoms with Crippen LogP contribution in [0.1, 0.15) is 16.7 Å². The van der Waals surface area contributed by atoms with E-state index in [1.807, 2.05) is 42.5 Å². The number of hydrogen-bond donors (Lipinski definition) is 1. The summed E-state index contributed by atoms with van der Waals surface area (Å²) in [6.45, 7) is 4.63. The summed E-state index contributed by atoms with van der Waals surface area (Å²) in [5, 5.41) is 3.42. The van der Waals surface area contributed by atoms with Crippen molar-refractivity contribution in [2.45, 2.75) is 20.1 Å². The van der Waals surface area contributed by atoms with Crippen molar-refractivity contribution in [2.24, 2.45) is 0 Å². The highest BCUT2D eigenvalue weighted by Gasteiger charge is 2.11. The third-order valence-corrected chi connectivity index (χ3v) is 4.62. The Hall–Kier alpha value is -3.14. The highest BCUT2D eigenvalue weighted by atomic mass is 16.6. The van der Waals surface area contributed by atoms with Gasteiger partial charge in [-0.3, -0.25) is 0 Å². The molecular weight excluding hydrogens is 338 g/mol. The lowest BCUT2D eigenvalue weighted by Crippen LogP contribution is -2.15. The Kier molecular flexibility index (Phi) is 5.15. The van der Waals surface area contributed by atoms with Crippen molar-refractivity contribution in [3.05, 3.63) is 83.4 Å². The summed E-state index contributed by atoms with van der Waals surface area (Å²) in [4.78, 5) is 0. The van der Waals surface area contributed by atoms with Crippen molar-refractivity contribution in [3.8, 4) is 17.2 Å². The Balaban J connectivity index is 1.32. The van der Waals surface area contributed by atoms with Crippen LogP contribution in [0.4, 0.5) is 5.69 Å². The Bertz CT molecular complexity index is 906. The summed E-state index contributed by atoms with van der Waals surface area (Å²) in [6.07, 6.45) is 0. The van der Waals surface area contributed by atoms with Crippen molar-refractivity contribution < 1.29 is 14.2 Å². The second-order valence-corrected chi connectivity index (χ2v) is 6.57. The zero-order valence-electron chi connectivity index (χ0n) is 15.4. The van der Waals surface area contributed by atoms with Gasteiger partial charge in [-0.05, 0) is 47.9 Å². The number of benzene rings is 3. The molecule has 27 heavy (non-hydrogen) atoms. The van der Waals surface area contributed by atoms with Gasteiger partial charge in [-0.25, -0.2) is 0 Å². The quantitative estimate of drug-likeness (QED) is 0.674. The first-order chi connectivity index (χ1) is 13.3. The van der Waals surface area contributed by atoms with Gasteiger partial charge in [0.1, 0.15) is 25.6 Å². The minimum Gasteiger partial charge on any atom is -0.489 e. The Morgan fingerprint density at radius 1 is 0.889 bits per heavy atom. The monoisotopic (exact) mass is 361 g/mol. The van der Waals surface area contributed by atoms with Gasteiger partial charge in [-0.2, -0.15) is 0 Å². The molecule has 0 amide bonds. The lowest BCUT2D eigenvalue weighted by Gasteiger charge is -2.19. The van der Waals surface area contributed by atoms with Crippen molar-refractivity contribution in [1.29, 1.82) is 0 Å². The zero-order chi connectivity index (χ0) is 18.5. The molecule has 0 aliphatic carbocycles. The molecule has 4 nitrogen and oxygen atoms in total. The van der Waals surface area contributed by atoms with Gasteiger partial charge in [-0.1, -0.05) is 36.4 Å². The molecule has 0 unspecified atom stereocenters. The Morgan fingerprint density at radius 3 is 2.48 bits per heavy atom. The lowest BCUT2D eigenvalue weighted by atomic mass is 10.1. The average molecular weight is 361 g/mol. The molecule has 1 N–H and O–H groups in total. The predicted octanol–water partition coefficient (Wildman–Crippen LogP) is 4.96. The van der Waals surface area contributed by atoms with E-state index >= 15 is 0 Å². The molecule has 0 aromatic heterocycles. The molecule has 0 spiro atoms. The van der Waals surface area contributed by atoms with Gasteiger partial charge in [0.25, 0.3) is 0 Å². The molecule has 0 saturated heterocycles. The van der Waals surface area contributed by atoms with Gasteiger partial charge >= 0.3 is 0 Å². The molecule has 3 aromatic carbocycles. The number of hydrogen-bond acceptors (Lipinski definition) is 4. The maximum Gasteiger partial charge on any atom is 0.163 e. The summed E-state index contributed by atoms with van der Waals surface area (Å²) in [7, 11) is 0. The maximum atomic E-state index is 5.90. The van der Waals surface area contributed by atoms with E-state index in [4.69, 9.17) is 14.2 Å². The smallest absolute Gasteiger partial charge is 0.163 e. The van der Waals surface area contributed by atoms with Crippen LogP contribution < -0.4 is 19.5 Å². The molecule has 0 saturated carbocycles. The van der Waals surface area contributed by atoms with Crippen LogP contribution in [0.25, 0.3) is 0 Å². The van der Waals surface area contributed by atoms with Crippen LogP contribution in [0, 0.1) is 6.92 Å². The van der Waals surface area contributed by atoms with E-state index < -0.39 is 0 Å². The van der Waals surface area contributed by atoms with Crippen molar-refractivity contribution in [1.82, 2.24) is 0 Å². The van der Waals surface area contributed by atoms with Crippen LogP contribution in [0.3, 0.4) is 0 Å². The first kappa shape index (κ1) is 17.3. The number of nitrogens with one attached hydrogen (secondary N) is 1. The number of fused-ring (bicyclic) bond motifs is 1. The lowest BCUT2D eigenvalue weighted by molar-refractivity contribution is 0.171. The van der Waals surface area contributed by atoms with Crippen molar-refractivity contribution >= 4 is 5.69 Å². The molecule has 1 heterocycles. The fourth-order valence-corrected chi connectivity index (χ4v) is 2.99. The molecule has 0 radical (unpaired) electrons. The van der Waals surface area contributed by atoms with Gasteiger partial charge in [-0.15, -0.1) is 0 Å². The molecule has 0 bridgehead atoms. The van der Waals surface area contributed by atoms with E-state index in [-0.39, 0.29) is 0 Å². The predicted molar refractivity (Wildman–Crippen MR) is 107 cm³/mol. The fourth-order valence-electron chi connectivity index (χ4n) is 2.99. The summed E-state index contributed by atoms with van der Waals surface area (Å²) in [5.41, 5.74) is 4.66. The summed E-state index contributed by atoms with van der Waals surface area (Å²) in [5.74, 6) is 2.48. The molecule has 4 heteroatoms. The Labute approximate surface area is 159 Å². The largest absolute Gasteiger partial charge is 0.489 e. The van der Waals surface area contributed by atoms with E-state index in [9.17, 15) is 0 Å². The van der Waals surface area contributed by atoms with Crippen LogP contribution in [-0.4, -0.2) is 13.2 Å². The normalized spacial score (nSPS) is 12.5. The molecule has 138 valence electrons. The highest BCUT2D eigenvalue weighted by Crippen LogP contribution is 2.32. The summed E-state index contributed by atoms with van der Waals surface area (Å²) in [6, 6.07) is 22.4. The molecule has 4 rings (SSSR count). The first-order valence-corrected chi connectivity index (χ1v) is 9.18. The molecular formula is C23H23NO3. The van der Waals surface area contributed by atoms with Gasteiger partial charge in [0.15, 0.2) is 11.5 Å². The van der Waals surface area contributed by atoms with E-state index in [0.717, 1.165) is 29.5 Å². The number of ether oxygens (including phenoxy) is 3. The Morgan fingerprint density at radius 2 is 1.67 bits per heavy atom. The first-order valence-electron chi connectivity index (χ1n) is 9.18. The van der Waals surface area contributed by atoms with Crippen molar-refractivity contribution in [2.75, 3.05) is 18.5 Å². The zero-order valence-corrected chi connectivity index (χ0v) is 15.4. The van der Waals surface area contributed by atoms with E-state index in [2.05, 4.69) is 36.5 Å². The van der Waals surface area contributed by atoms with Crippen LogP contribution in [0.15, 0.2) is 66.7 Å². The second kappa shape index (κ2) is 8.04. The molecule has 1 aliphatic heterocycles. The number of aryl methyl sites for hydroxylation is 1. The van der Waals surface area contributed by atoms with Gasteiger partial charge < -0.3 is 19.5 Å². The summed E-state index contributed by atoms with van der Waals surface area (Å²) < 4.78 is 17.1. The highest BCUT2D eigenvalue weighted by molar-refractivity contribution is 5.55. The standard InChI is InChI=1S/C23H23NO3/c1-17-4-2-3-5-19(17)16-27-21-9-6-18(7-10-21)15-24-20-8-11-22-23(14-20)26-13-12-25-22/h2-11,14,24H,12-13,15-16H2,1H3. The third-order valence-electron chi connectivity index (χ3n) is 4.62. The maximum absolute atomic E-state index is 5.90. The molecule has 3 aromatic rings. The van der Waals surface area contributed by atoms with Crippen LogP contribution in [0.5, 0.6) is 17.2 Å². The molecule has 1 aliphatic rings. The topological polar surface area (TPSA) is 39.7 Å². The second-order valence-electron chi connectivity index (χ2n) is 6.57. The summed E-state index contributed by atoms with van der Waals surface area (Å²) >= 11 is 0. The van der Waals surface area contributed by atoms with Crippen LogP contribution >= 0.6 is 0 Å². The van der Waals surface area contributed by atoms with Gasteiger partial charge in [0, 0.05) is 18.3 Å². The minimum absolute atomic E-state index is 0.585. The van der Waals surface area contributed by atoms with Gasteiger partial charge in [0.05, 0.1) is 0 Å². The van der Waals surface area contributed by atoms with Crippen molar-refractivity contribution in [3.63, 3.8) is 0 Å². The minimum atomic E-state index is 0.585. The fraction of sp³-hybridized carbons (Fsp3) is 0.217. The van der Waals surface area contributed by atoms with Gasteiger partial charge in [0.2, 0.25) is 0 Å². The number of rotatable bonds is 6. The van der Waals surface area contributed by atoms with Crippen LogP contribution in [0.2, 0.25) is 0 Å². The van der Waals surface area contributed by atoms with Crippen LogP contribution in [-0.2, 0) is 13.2 Å². The van der Waals surface area contributed by atoms with E-state index in [0.29, 0.717) is 19.8 Å². The molecule has 0 atom stereocenters. The number of anilines is 1. The third kappa shape index (κ3) is 4.34. The molecule has 0 fully saturated rings. The SMILES string of the molecule is Cc1ccccc1COc1ccc(CNc2ccc3c(c2)OCCO3)cc1. The van der Waals surface area contributed by atoms with E-state index in [1.165, 1.54) is 16.7 Å². The average Bonchev–Trinajstić information content (AvgIpc) is 2.72.